The molecule has 0 unspecified atom stereocenters. The fourth-order valence-corrected chi connectivity index (χ4v) is 3.31. The van der Waals surface area contributed by atoms with Gasteiger partial charge in [0.15, 0.2) is 0 Å². The van der Waals surface area contributed by atoms with E-state index >= 15 is 0 Å². The van der Waals surface area contributed by atoms with Gasteiger partial charge in [0.2, 0.25) is 0 Å². The Balaban J connectivity index is 2.04. The van der Waals surface area contributed by atoms with Crippen LogP contribution in [0.25, 0.3) is 6.20 Å². The molecule has 0 aliphatic carbocycles. The van der Waals surface area contributed by atoms with E-state index in [1.807, 2.05) is 33.2 Å². The van der Waals surface area contributed by atoms with Gasteiger partial charge in [0.05, 0.1) is 6.20 Å². The van der Waals surface area contributed by atoms with E-state index in [0.29, 0.717) is 6.54 Å². The maximum atomic E-state index is 12.4. The first-order valence-corrected chi connectivity index (χ1v) is 8.25. The first-order chi connectivity index (χ1) is 9.89. The topological polar surface area (TPSA) is 47.4 Å². The van der Waals surface area contributed by atoms with Gasteiger partial charge < -0.3 is 4.74 Å². The second kappa shape index (κ2) is 6.66. The molecule has 2 rings (SSSR count). The zero-order valence-corrected chi connectivity index (χ0v) is 13.7. The van der Waals surface area contributed by atoms with Crippen LogP contribution in [0.15, 0.2) is 19.0 Å². The van der Waals surface area contributed by atoms with Crippen LogP contribution in [-0.2, 0) is 16.1 Å². The lowest BCUT2D eigenvalue weighted by molar-refractivity contribution is -0.160. The van der Waals surface area contributed by atoms with E-state index in [1.54, 1.807) is 22.6 Å². The number of esters is 1. The van der Waals surface area contributed by atoms with E-state index in [0.717, 1.165) is 23.6 Å². The van der Waals surface area contributed by atoms with Crippen molar-refractivity contribution in [2.24, 2.45) is 0 Å². The van der Waals surface area contributed by atoms with Crippen LogP contribution in [0.3, 0.4) is 0 Å². The highest BCUT2D eigenvalue weighted by atomic mass is 32.2. The Hall–Kier alpha value is -1.27. The van der Waals surface area contributed by atoms with Crippen molar-refractivity contribution in [1.29, 1.82) is 0 Å². The van der Waals surface area contributed by atoms with Gasteiger partial charge in [0, 0.05) is 42.6 Å². The maximum Gasteiger partial charge on any atom is 0.324 e. The van der Waals surface area contributed by atoms with Crippen molar-refractivity contribution in [1.82, 2.24) is 14.7 Å². The number of thioether (sulfide) groups is 1. The van der Waals surface area contributed by atoms with Crippen LogP contribution >= 0.6 is 11.8 Å². The van der Waals surface area contributed by atoms with E-state index in [2.05, 4.69) is 16.6 Å². The number of hydrogen-bond acceptors (Lipinski definition) is 5. The quantitative estimate of drug-likeness (QED) is 0.798. The molecule has 21 heavy (non-hydrogen) atoms. The zero-order valence-electron chi connectivity index (χ0n) is 12.9. The Morgan fingerprint density at radius 1 is 1.62 bits per heavy atom. The number of ether oxygens (including phenoxy) is 1. The van der Waals surface area contributed by atoms with E-state index < -0.39 is 5.60 Å². The molecule has 116 valence electrons. The second-order valence-corrected chi connectivity index (χ2v) is 7.26. The van der Waals surface area contributed by atoms with Crippen LogP contribution in [-0.4, -0.2) is 50.3 Å². The number of nitrogens with zero attached hydrogens (tertiary/aromatic N) is 3. The van der Waals surface area contributed by atoms with Crippen molar-refractivity contribution in [2.45, 2.75) is 39.0 Å². The molecule has 0 spiro atoms. The summed E-state index contributed by atoms with van der Waals surface area (Å²) in [7, 11) is 0. The molecule has 0 bridgehead atoms. The summed E-state index contributed by atoms with van der Waals surface area (Å²) in [5.41, 5.74) is 0.633. The molecule has 0 amide bonds. The molecule has 0 radical (unpaired) electrons. The molecular formula is C15H23N3O2S. The third-order valence-corrected chi connectivity index (χ3v) is 4.17. The van der Waals surface area contributed by atoms with Gasteiger partial charge in [-0.1, -0.05) is 6.58 Å². The predicted octanol–water partition coefficient (Wildman–Crippen LogP) is 2.24. The lowest BCUT2D eigenvalue weighted by Gasteiger charge is -2.35. The van der Waals surface area contributed by atoms with Gasteiger partial charge in [-0.25, -0.2) is 4.68 Å². The summed E-state index contributed by atoms with van der Waals surface area (Å²) >= 11 is 1.80. The Morgan fingerprint density at radius 3 is 3.00 bits per heavy atom. The lowest BCUT2D eigenvalue weighted by Crippen LogP contribution is -2.49. The van der Waals surface area contributed by atoms with Crippen LogP contribution in [0.4, 0.5) is 0 Å². The van der Waals surface area contributed by atoms with E-state index in [9.17, 15) is 4.79 Å². The average molecular weight is 309 g/mol. The molecule has 5 nitrogen and oxygen atoms in total. The van der Waals surface area contributed by atoms with Crippen LogP contribution in [0.2, 0.25) is 0 Å². The minimum absolute atomic E-state index is 0.134. The summed E-state index contributed by atoms with van der Waals surface area (Å²) in [5, 5.41) is 4.18. The first-order valence-electron chi connectivity index (χ1n) is 7.09. The normalized spacial score (nSPS) is 20.2. The minimum Gasteiger partial charge on any atom is -0.459 e. The van der Waals surface area contributed by atoms with Crippen LogP contribution < -0.4 is 0 Å². The van der Waals surface area contributed by atoms with Gasteiger partial charge in [-0.15, -0.1) is 0 Å². The summed E-state index contributed by atoms with van der Waals surface area (Å²) in [6.45, 7) is 11.0. The number of carbonyl (C=O) groups is 1. The average Bonchev–Trinajstić information content (AvgIpc) is 2.85. The zero-order chi connectivity index (χ0) is 15.5. The van der Waals surface area contributed by atoms with Gasteiger partial charge in [0.25, 0.3) is 0 Å². The lowest BCUT2D eigenvalue weighted by atomic mass is 10.2. The number of carbonyl (C=O) groups excluding carboxylic acids is 1. The summed E-state index contributed by atoms with van der Waals surface area (Å²) < 4.78 is 7.22. The largest absolute Gasteiger partial charge is 0.459 e. The summed E-state index contributed by atoms with van der Waals surface area (Å²) in [6, 6.07) is -0.185. The predicted molar refractivity (Wildman–Crippen MR) is 86.0 cm³/mol. The smallest absolute Gasteiger partial charge is 0.324 e. The molecule has 1 aromatic rings. The van der Waals surface area contributed by atoms with E-state index in [4.69, 9.17) is 4.74 Å². The highest BCUT2D eigenvalue weighted by Gasteiger charge is 2.32. The Bertz CT molecular complexity index is 507. The van der Waals surface area contributed by atoms with Gasteiger partial charge in [-0.2, -0.15) is 16.9 Å². The van der Waals surface area contributed by atoms with Crippen molar-refractivity contribution in [2.75, 3.05) is 18.1 Å². The molecule has 0 aromatic carbocycles. The Labute approximate surface area is 130 Å². The third-order valence-electron chi connectivity index (χ3n) is 3.15. The SMILES string of the molecule is C=Cn1cc(CN2CCSC[C@@H]2C(=O)OC(C)(C)C)cn1. The van der Waals surface area contributed by atoms with Crippen molar-refractivity contribution in [3.05, 3.63) is 24.5 Å². The Kier molecular flexibility index (Phi) is 5.11. The van der Waals surface area contributed by atoms with Crippen molar-refractivity contribution < 1.29 is 9.53 Å². The molecule has 1 atom stereocenters. The number of hydrogen-bond donors (Lipinski definition) is 0. The standard InChI is InChI=1S/C15H23N3O2S/c1-5-18-10-12(8-16-18)9-17-6-7-21-11-13(17)14(19)20-15(2,3)4/h5,8,10,13H,1,6-7,9,11H2,2-4H3/t13-/m1/s1. The van der Waals surface area contributed by atoms with Crippen LogP contribution in [0, 0.1) is 0 Å². The van der Waals surface area contributed by atoms with Gasteiger partial charge in [-0.05, 0) is 20.8 Å². The van der Waals surface area contributed by atoms with E-state index in [1.165, 1.54) is 0 Å². The van der Waals surface area contributed by atoms with Gasteiger partial charge in [-0.3, -0.25) is 9.69 Å². The Morgan fingerprint density at radius 2 is 2.38 bits per heavy atom. The van der Waals surface area contributed by atoms with Gasteiger partial charge in [0.1, 0.15) is 11.6 Å². The molecule has 2 heterocycles. The summed E-state index contributed by atoms with van der Waals surface area (Å²) in [5.74, 6) is 1.69. The highest BCUT2D eigenvalue weighted by Crippen LogP contribution is 2.22. The molecule has 0 saturated carbocycles. The highest BCUT2D eigenvalue weighted by molar-refractivity contribution is 7.99. The molecule has 1 aromatic heterocycles. The maximum absolute atomic E-state index is 12.4. The minimum atomic E-state index is -0.446. The van der Waals surface area contributed by atoms with Crippen LogP contribution in [0.5, 0.6) is 0 Å². The third kappa shape index (κ3) is 4.61. The number of aromatic nitrogens is 2. The van der Waals surface area contributed by atoms with E-state index in [-0.39, 0.29) is 12.0 Å². The molecule has 6 heteroatoms. The molecule has 1 saturated heterocycles. The molecule has 0 N–H and O–H groups in total. The second-order valence-electron chi connectivity index (χ2n) is 6.11. The van der Waals surface area contributed by atoms with Crippen molar-refractivity contribution in [3.63, 3.8) is 0 Å². The fourth-order valence-electron chi connectivity index (χ4n) is 2.21. The van der Waals surface area contributed by atoms with Crippen LogP contribution in [0.1, 0.15) is 26.3 Å². The molecular weight excluding hydrogens is 286 g/mol. The van der Waals surface area contributed by atoms with Crippen molar-refractivity contribution >= 4 is 23.9 Å². The fraction of sp³-hybridized carbons (Fsp3) is 0.600. The van der Waals surface area contributed by atoms with Gasteiger partial charge >= 0.3 is 5.97 Å². The number of rotatable bonds is 4. The summed E-state index contributed by atoms with van der Waals surface area (Å²) in [6.07, 6.45) is 5.40. The summed E-state index contributed by atoms with van der Waals surface area (Å²) in [4.78, 5) is 14.5. The molecule has 1 aliphatic rings. The monoisotopic (exact) mass is 309 g/mol. The molecule has 1 fully saturated rings. The van der Waals surface area contributed by atoms with Crippen molar-refractivity contribution in [3.8, 4) is 0 Å². The molecule has 1 aliphatic heterocycles. The first kappa shape index (κ1) is 16.1.